The number of thiophene rings is 1. The van der Waals surface area contributed by atoms with E-state index >= 15 is 0 Å². The summed E-state index contributed by atoms with van der Waals surface area (Å²) in [4.78, 5) is 0. The molecule has 2 heteroatoms. The van der Waals surface area contributed by atoms with Crippen LogP contribution in [0.2, 0.25) is 0 Å². The zero-order valence-electron chi connectivity index (χ0n) is 3.97. The van der Waals surface area contributed by atoms with Gasteiger partial charge >= 0.3 is 0 Å². The van der Waals surface area contributed by atoms with Gasteiger partial charge in [0.1, 0.15) is 0 Å². The van der Waals surface area contributed by atoms with Crippen LogP contribution in [0.1, 0.15) is 5.56 Å². The molecule has 0 fully saturated rings. The van der Waals surface area contributed by atoms with Crippen molar-refractivity contribution >= 4 is 11.3 Å². The van der Waals surface area contributed by atoms with Crippen molar-refractivity contribution in [3.8, 4) is 5.75 Å². The van der Waals surface area contributed by atoms with Crippen LogP contribution in [0.15, 0.2) is 10.8 Å². The SMILES string of the molecule is Cc1cscc1[O]. The fraction of sp³-hybridized carbons (Fsp3) is 0.200. The van der Waals surface area contributed by atoms with Crippen molar-refractivity contribution in [1.29, 1.82) is 0 Å². The summed E-state index contributed by atoms with van der Waals surface area (Å²) < 4.78 is 0. The summed E-state index contributed by atoms with van der Waals surface area (Å²) in [6.07, 6.45) is 0. The zero-order valence-corrected chi connectivity index (χ0v) is 4.79. The Hall–Kier alpha value is -0.500. The van der Waals surface area contributed by atoms with Crippen LogP contribution in [-0.2, 0) is 5.11 Å². The molecule has 1 radical (unpaired) electrons. The van der Waals surface area contributed by atoms with Crippen LogP contribution in [0.5, 0.6) is 5.75 Å². The van der Waals surface area contributed by atoms with Gasteiger partial charge in [-0.2, -0.15) is 0 Å². The van der Waals surface area contributed by atoms with Gasteiger partial charge in [0.05, 0.1) is 0 Å². The van der Waals surface area contributed by atoms with Crippen molar-refractivity contribution in [2.45, 2.75) is 6.92 Å². The molecule has 7 heavy (non-hydrogen) atoms. The third-order valence-electron chi connectivity index (χ3n) is 0.809. The van der Waals surface area contributed by atoms with Gasteiger partial charge in [-0.05, 0) is 12.3 Å². The Balaban J connectivity index is 3.12. The van der Waals surface area contributed by atoms with Crippen molar-refractivity contribution in [3.63, 3.8) is 0 Å². The molecule has 0 aromatic carbocycles. The molecule has 0 atom stereocenters. The first-order valence-electron chi connectivity index (χ1n) is 2.00. The normalized spacial score (nSPS) is 9.29. The van der Waals surface area contributed by atoms with E-state index in [0.29, 0.717) is 0 Å². The number of hydrogen-bond donors (Lipinski definition) is 0. The van der Waals surface area contributed by atoms with E-state index in [1.807, 2.05) is 12.3 Å². The molecule has 1 heterocycles. The Kier molecular flexibility index (Phi) is 1.02. The summed E-state index contributed by atoms with van der Waals surface area (Å²) in [7, 11) is 0. The molecule has 0 aliphatic heterocycles. The molecule has 0 N–H and O–H groups in total. The van der Waals surface area contributed by atoms with E-state index in [1.54, 1.807) is 5.38 Å². The lowest BCUT2D eigenvalue weighted by Gasteiger charge is -1.74. The summed E-state index contributed by atoms with van der Waals surface area (Å²) in [5.74, 6) is 0.157. The third-order valence-corrected chi connectivity index (χ3v) is 1.65. The van der Waals surface area contributed by atoms with Crippen molar-refractivity contribution in [3.05, 3.63) is 16.3 Å². The molecule has 1 aromatic heterocycles. The molecule has 37 valence electrons. The predicted molar refractivity (Wildman–Crippen MR) is 29.2 cm³/mol. The third kappa shape index (κ3) is 0.747. The highest BCUT2D eigenvalue weighted by molar-refractivity contribution is 7.08. The fourth-order valence-electron chi connectivity index (χ4n) is 0.349. The van der Waals surface area contributed by atoms with Crippen LogP contribution in [0, 0.1) is 6.92 Å². The lowest BCUT2D eigenvalue weighted by Crippen LogP contribution is -1.54. The van der Waals surface area contributed by atoms with E-state index in [2.05, 4.69) is 0 Å². The Labute approximate surface area is 46.2 Å². The molecule has 1 rings (SSSR count). The minimum absolute atomic E-state index is 0.157. The standard InChI is InChI=1S/C5H5OS/c1-4-2-7-3-5(4)6/h2-3H,1H3. The molecule has 1 nitrogen and oxygen atoms in total. The second-order valence-corrected chi connectivity index (χ2v) is 2.16. The van der Waals surface area contributed by atoms with Gasteiger partial charge < -0.3 is 0 Å². The predicted octanol–water partition coefficient (Wildman–Crippen LogP) is 2.20. The molecule has 0 bridgehead atoms. The van der Waals surface area contributed by atoms with Gasteiger partial charge in [-0.3, -0.25) is 5.11 Å². The zero-order chi connectivity index (χ0) is 5.28. The van der Waals surface area contributed by atoms with Gasteiger partial charge in [-0.15, -0.1) is 11.3 Å². The van der Waals surface area contributed by atoms with Gasteiger partial charge in [0.15, 0.2) is 5.75 Å². The van der Waals surface area contributed by atoms with E-state index in [4.69, 9.17) is 0 Å². The van der Waals surface area contributed by atoms with Crippen LogP contribution in [0.3, 0.4) is 0 Å². The van der Waals surface area contributed by atoms with E-state index in [-0.39, 0.29) is 5.75 Å². The summed E-state index contributed by atoms with van der Waals surface area (Å²) in [6, 6.07) is 0. The second kappa shape index (κ2) is 1.54. The molecule has 0 unspecified atom stereocenters. The highest BCUT2D eigenvalue weighted by Crippen LogP contribution is 2.19. The van der Waals surface area contributed by atoms with Crippen LogP contribution < -0.4 is 0 Å². The lowest BCUT2D eigenvalue weighted by molar-refractivity contribution is 0.354. The first-order chi connectivity index (χ1) is 3.30. The monoisotopic (exact) mass is 113 g/mol. The van der Waals surface area contributed by atoms with E-state index in [0.717, 1.165) is 5.56 Å². The highest BCUT2D eigenvalue weighted by Gasteiger charge is 1.93. The Bertz CT molecular complexity index is 140. The van der Waals surface area contributed by atoms with E-state index in [9.17, 15) is 5.11 Å². The number of hydrogen-bond acceptors (Lipinski definition) is 1. The molecule has 0 spiro atoms. The van der Waals surface area contributed by atoms with Crippen molar-refractivity contribution in [1.82, 2.24) is 0 Å². The second-order valence-electron chi connectivity index (χ2n) is 1.42. The maximum atomic E-state index is 10.4. The minimum Gasteiger partial charge on any atom is -0.289 e. The van der Waals surface area contributed by atoms with Crippen molar-refractivity contribution < 1.29 is 5.11 Å². The van der Waals surface area contributed by atoms with Crippen LogP contribution in [0.4, 0.5) is 0 Å². The summed E-state index contributed by atoms with van der Waals surface area (Å²) >= 11 is 1.45. The molecule has 1 aromatic rings. The quantitative estimate of drug-likeness (QED) is 0.491. The van der Waals surface area contributed by atoms with Gasteiger partial charge in [0.2, 0.25) is 0 Å². The fourth-order valence-corrected chi connectivity index (χ4v) is 1.05. The Morgan fingerprint density at radius 1 is 1.57 bits per heavy atom. The van der Waals surface area contributed by atoms with Crippen molar-refractivity contribution in [2.75, 3.05) is 0 Å². The Morgan fingerprint density at radius 3 is 2.43 bits per heavy atom. The molecule has 0 saturated heterocycles. The maximum Gasteiger partial charge on any atom is 0.192 e. The van der Waals surface area contributed by atoms with Crippen LogP contribution in [-0.4, -0.2) is 0 Å². The largest absolute Gasteiger partial charge is 0.289 e. The first-order valence-corrected chi connectivity index (χ1v) is 2.95. The minimum atomic E-state index is 0.157. The molecular weight excluding hydrogens is 108 g/mol. The topological polar surface area (TPSA) is 19.9 Å². The first kappa shape index (κ1) is 4.65. The number of rotatable bonds is 0. The molecule has 0 amide bonds. The summed E-state index contributed by atoms with van der Waals surface area (Å²) in [5, 5.41) is 13.9. The van der Waals surface area contributed by atoms with Crippen LogP contribution >= 0.6 is 11.3 Å². The average Bonchev–Trinajstić information content (AvgIpc) is 1.91. The number of aryl methyl sites for hydroxylation is 1. The van der Waals surface area contributed by atoms with Gasteiger partial charge in [0.25, 0.3) is 0 Å². The molecular formula is C5H5OS. The summed E-state index contributed by atoms with van der Waals surface area (Å²) in [6.45, 7) is 1.82. The molecule has 0 aliphatic rings. The molecule has 0 aliphatic carbocycles. The smallest absolute Gasteiger partial charge is 0.192 e. The molecule has 0 saturated carbocycles. The Morgan fingerprint density at radius 2 is 2.29 bits per heavy atom. The van der Waals surface area contributed by atoms with Gasteiger partial charge in [-0.1, -0.05) is 0 Å². The van der Waals surface area contributed by atoms with Gasteiger partial charge in [0, 0.05) is 10.9 Å². The highest BCUT2D eigenvalue weighted by atomic mass is 32.1. The van der Waals surface area contributed by atoms with Gasteiger partial charge in [-0.25, -0.2) is 0 Å². The van der Waals surface area contributed by atoms with E-state index in [1.165, 1.54) is 11.3 Å². The van der Waals surface area contributed by atoms with Crippen molar-refractivity contribution in [2.24, 2.45) is 0 Å². The average molecular weight is 113 g/mol. The van der Waals surface area contributed by atoms with Crippen LogP contribution in [0.25, 0.3) is 0 Å². The maximum absolute atomic E-state index is 10.4. The van der Waals surface area contributed by atoms with E-state index < -0.39 is 0 Å². The summed E-state index contributed by atoms with van der Waals surface area (Å²) in [5.41, 5.74) is 0.852. The lowest BCUT2D eigenvalue weighted by atomic mass is 10.4.